The fourth-order valence-corrected chi connectivity index (χ4v) is 2.82. The summed E-state index contributed by atoms with van der Waals surface area (Å²) in [5.41, 5.74) is 0. The van der Waals surface area contributed by atoms with Crippen molar-refractivity contribution in [1.29, 1.82) is 0 Å². The fourth-order valence-electron chi connectivity index (χ4n) is 2.13. The molecule has 2 rings (SSSR count). The lowest BCUT2D eigenvalue weighted by molar-refractivity contribution is 0.213. The molecule has 3 atom stereocenters. The van der Waals surface area contributed by atoms with Gasteiger partial charge in [-0.15, -0.1) is 23.2 Å². The van der Waals surface area contributed by atoms with Gasteiger partial charge in [-0.1, -0.05) is 0 Å². The molecule has 0 bridgehead atoms. The second-order valence-corrected chi connectivity index (χ2v) is 5.74. The number of alkyl halides is 3. The van der Waals surface area contributed by atoms with E-state index in [2.05, 4.69) is 11.8 Å². The lowest BCUT2D eigenvalue weighted by Gasteiger charge is -2.23. The molecule has 0 N–H and O–H groups in total. The Kier molecular flexibility index (Phi) is 2.50. The van der Waals surface area contributed by atoms with Gasteiger partial charge in [-0.05, 0) is 19.8 Å². The van der Waals surface area contributed by atoms with Crippen LogP contribution in [-0.4, -0.2) is 34.5 Å². The smallest absolute Gasteiger partial charge is 0.123 e. The second kappa shape index (κ2) is 3.25. The highest BCUT2D eigenvalue weighted by Gasteiger charge is 2.55. The van der Waals surface area contributed by atoms with Gasteiger partial charge in [0.15, 0.2) is 0 Å². The zero-order chi connectivity index (χ0) is 9.64. The number of nitrogens with zero attached hydrogens (tertiary/aromatic N) is 1. The average molecular weight is 226 g/mol. The third-order valence-corrected chi connectivity index (χ3v) is 4.06. The highest BCUT2D eigenvalue weighted by Crippen LogP contribution is 2.56. The topological polar surface area (TPSA) is 3.24 Å². The van der Waals surface area contributed by atoms with Crippen molar-refractivity contribution in [1.82, 2.24) is 4.90 Å². The molecule has 2 fully saturated rings. The molecule has 2 unspecified atom stereocenters. The third kappa shape index (κ3) is 1.95. The highest BCUT2D eigenvalue weighted by atomic mass is 35.5. The van der Waals surface area contributed by atoms with E-state index in [-0.39, 0.29) is 0 Å². The van der Waals surface area contributed by atoms with Crippen molar-refractivity contribution in [2.45, 2.75) is 36.3 Å². The average Bonchev–Trinajstić information content (AvgIpc) is 2.47. The maximum Gasteiger partial charge on any atom is 0.123 e. The monoisotopic (exact) mass is 225 g/mol. The summed E-state index contributed by atoms with van der Waals surface area (Å²) >= 11 is 11.9. The maximum absolute atomic E-state index is 12.9. The molecule has 76 valence electrons. The number of halogens is 3. The molecule has 0 aromatic carbocycles. The molecule has 0 spiro atoms. The minimum absolute atomic E-state index is 0.329. The Labute approximate surface area is 88.2 Å². The number of hydrogen-bond acceptors (Lipinski definition) is 1. The Hall–Kier alpha value is 0.470. The van der Waals surface area contributed by atoms with Crippen molar-refractivity contribution < 1.29 is 4.39 Å². The van der Waals surface area contributed by atoms with Crippen LogP contribution in [0.15, 0.2) is 0 Å². The minimum Gasteiger partial charge on any atom is -0.297 e. The van der Waals surface area contributed by atoms with Crippen LogP contribution < -0.4 is 0 Å². The molecule has 4 heteroatoms. The van der Waals surface area contributed by atoms with Crippen LogP contribution >= 0.6 is 23.2 Å². The predicted molar refractivity (Wildman–Crippen MR) is 53.1 cm³/mol. The van der Waals surface area contributed by atoms with E-state index in [1.165, 1.54) is 0 Å². The van der Waals surface area contributed by atoms with E-state index >= 15 is 0 Å². The number of hydrogen-bond donors (Lipinski definition) is 0. The second-order valence-electron chi connectivity index (χ2n) is 4.19. The van der Waals surface area contributed by atoms with Gasteiger partial charge in [-0.3, -0.25) is 4.90 Å². The molecule has 2 aliphatic rings. The third-order valence-electron chi connectivity index (χ3n) is 3.19. The van der Waals surface area contributed by atoms with E-state index in [0.717, 1.165) is 13.0 Å². The van der Waals surface area contributed by atoms with Crippen LogP contribution in [0.2, 0.25) is 0 Å². The normalized spacial score (nSPS) is 40.6. The molecule has 1 heterocycles. The molecule has 1 aliphatic carbocycles. The van der Waals surface area contributed by atoms with Crippen LogP contribution in [0.25, 0.3) is 0 Å². The molecule has 0 aromatic rings. The van der Waals surface area contributed by atoms with E-state index < -0.39 is 10.5 Å². The quantitative estimate of drug-likeness (QED) is 0.654. The lowest BCUT2D eigenvalue weighted by atomic mass is 10.2. The van der Waals surface area contributed by atoms with E-state index in [0.29, 0.717) is 24.9 Å². The Morgan fingerprint density at radius 2 is 2.15 bits per heavy atom. The lowest BCUT2D eigenvalue weighted by Crippen LogP contribution is -2.34. The first-order chi connectivity index (χ1) is 6.00. The summed E-state index contributed by atoms with van der Waals surface area (Å²) < 4.78 is 12.4. The van der Waals surface area contributed by atoms with Gasteiger partial charge in [-0.2, -0.15) is 0 Å². The summed E-state index contributed by atoms with van der Waals surface area (Å²) in [7, 11) is 0. The zero-order valence-electron chi connectivity index (χ0n) is 7.64. The molecule has 1 saturated carbocycles. The first kappa shape index (κ1) is 10.0. The number of rotatable bonds is 2. The van der Waals surface area contributed by atoms with Crippen molar-refractivity contribution in [3.63, 3.8) is 0 Å². The van der Waals surface area contributed by atoms with Crippen molar-refractivity contribution >= 4 is 23.2 Å². The van der Waals surface area contributed by atoms with Gasteiger partial charge in [0, 0.05) is 25.0 Å². The Balaban J connectivity index is 1.88. The molecule has 0 amide bonds. The Morgan fingerprint density at radius 3 is 2.54 bits per heavy atom. The molecule has 1 nitrogen and oxygen atoms in total. The molecule has 1 aliphatic heterocycles. The van der Waals surface area contributed by atoms with Gasteiger partial charge < -0.3 is 0 Å². The molecule has 1 saturated heterocycles. The largest absolute Gasteiger partial charge is 0.297 e. The van der Waals surface area contributed by atoms with E-state index in [9.17, 15) is 4.39 Å². The zero-order valence-corrected chi connectivity index (χ0v) is 9.15. The standard InChI is InChI=1S/C9H14Cl2FN/c1-6(8-4-9(8,10)11)13-3-2-7(12)5-13/h6-8H,2-5H2,1H3/t6?,7?,8-/m1/s1. The van der Waals surface area contributed by atoms with Crippen molar-refractivity contribution in [2.24, 2.45) is 5.92 Å². The SMILES string of the molecule is CC([C@H]1CC1(Cl)Cl)N1CCC(F)C1. The predicted octanol–water partition coefficient (Wildman–Crippen LogP) is 2.61. The molecular formula is C9H14Cl2FN. The molecule has 0 aromatic heterocycles. The van der Waals surface area contributed by atoms with Crippen LogP contribution in [0.1, 0.15) is 19.8 Å². The summed E-state index contributed by atoms with van der Waals surface area (Å²) in [5, 5.41) is 0. The summed E-state index contributed by atoms with van der Waals surface area (Å²) in [5.74, 6) is 0.334. The molecule has 0 radical (unpaired) electrons. The van der Waals surface area contributed by atoms with Gasteiger partial charge in [0.1, 0.15) is 10.5 Å². The van der Waals surface area contributed by atoms with Crippen molar-refractivity contribution in [3.8, 4) is 0 Å². The maximum atomic E-state index is 12.9. The summed E-state index contributed by atoms with van der Waals surface area (Å²) in [4.78, 5) is 2.15. The van der Waals surface area contributed by atoms with Crippen molar-refractivity contribution in [2.75, 3.05) is 13.1 Å². The summed E-state index contributed by atoms with van der Waals surface area (Å²) in [6.45, 7) is 3.50. The van der Waals surface area contributed by atoms with Gasteiger partial charge >= 0.3 is 0 Å². The first-order valence-electron chi connectivity index (χ1n) is 4.76. The van der Waals surface area contributed by atoms with Crippen LogP contribution in [-0.2, 0) is 0 Å². The van der Waals surface area contributed by atoms with Crippen LogP contribution in [0.5, 0.6) is 0 Å². The van der Waals surface area contributed by atoms with Crippen LogP contribution in [0.4, 0.5) is 4.39 Å². The summed E-state index contributed by atoms with van der Waals surface area (Å²) in [6, 6.07) is 0.329. The van der Waals surface area contributed by atoms with Gasteiger partial charge in [0.05, 0.1) is 0 Å². The fraction of sp³-hybridized carbons (Fsp3) is 1.00. The van der Waals surface area contributed by atoms with E-state index in [4.69, 9.17) is 23.2 Å². The Bertz CT molecular complexity index is 210. The first-order valence-corrected chi connectivity index (χ1v) is 5.52. The van der Waals surface area contributed by atoms with E-state index in [1.807, 2.05) is 0 Å². The van der Waals surface area contributed by atoms with Crippen molar-refractivity contribution in [3.05, 3.63) is 0 Å². The minimum atomic E-state index is -0.652. The van der Waals surface area contributed by atoms with Crippen LogP contribution in [0, 0.1) is 5.92 Å². The molecule has 13 heavy (non-hydrogen) atoms. The highest BCUT2D eigenvalue weighted by molar-refractivity contribution is 6.50. The Morgan fingerprint density at radius 1 is 1.54 bits per heavy atom. The van der Waals surface area contributed by atoms with Crippen LogP contribution in [0.3, 0.4) is 0 Å². The summed E-state index contributed by atoms with van der Waals surface area (Å²) in [6.07, 6.45) is 0.862. The van der Waals surface area contributed by atoms with Gasteiger partial charge in [0.25, 0.3) is 0 Å². The molecular weight excluding hydrogens is 212 g/mol. The van der Waals surface area contributed by atoms with E-state index in [1.54, 1.807) is 0 Å². The van der Waals surface area contributed by atoms with Gasteiger partial charge in [-0.25, -0.2) is 4.39 Å². The number of likely N-dealkylation sites (tertiary alicyclic amines) is 1. The van der Waals surface area contributed by atoms with Gasteiger partial charge in [0.2, 0.25) is 0 Å².